The minimum absolute atomic E-state index is 0.335. The summed E-state index contributed by atoms with van der Waals surface area (Å²) >= 11 is 0. The molecule has 4 fully saturated rings. The molecule has 0 aromatic heterocycles. The molecule has 6 nitrogen and oxygen atoms in total. The number of amides is 1. The number of rotatable bonds is 5. The Bertz CT molecular complexity index is 574. The molecule has 2 saturated heterocycles. The smallest absolute Gasteiger partial charge is 0.225 e. The highest BCUT2D eigenvalue weighted by Crippen LogP contribution is 2.43. The summed E-state index contributed by atoms with van der Waals surface area (Å²) < 4.78 is 0. The first kappa shape index (κ1) is 21.0. The van der Waals surface area contributed by atoms with E-state index in [1.54, 1.807) is 0 Å². The van der Waals surface area contributed by atoms with Crippen LogP contribution in [0.5, 0.6) is 0 Å². The van der Waals surface area contributed by atoms with Crippen molar-refractivity contribution < 1.29 is 4.79 Å². The van der Waals surface area contributed by atoms with Crippen LogP contribution in [0.4, 0.5) is 0 Å². The quantitative estimate of drug-likeness (QED) is 0.566. The van der Waals surface area contributed by atoms with Crippen LogP contribution < -0.4 is 5.32 Å². The highest BCUT2D eigenvalue weighted by molar-refractivity contribution is 5.80. The second kappa shape index (κ2) is 9.67. The first-order valence-corrected chi connectivity index (χ1v) is 12.2. The van der Waals surface area contributed by atoms with E-state index in [2.05, 4.69) is 26.9 Å². The van der Waals surface area contributed by atoms with E-state index in [1.807, 2.05) is 0 Å². The number of piperazine rings is 1. The molecule has 0 radical (unpaired) electrons. The first-order chi connectivity index (χ1) is 14.2. The molecule has 0 bridgehead atoms. The fourth-order valence-corrected chi connectivity index (χ4v) is 5.65. The zero-order chi connectivity index (χ0) is 20.1. The topological polar surface area (TPSA) is 51.2 Å². The fourth-order valence-electron chi connectivity index (χ4n) is 5.65. The minimum Gasteiger partial charge on any atom is -0.357 e. The molecule has 4 aliphatic rings. The Morgan fingerprint density at radius 1 is 0.966 bits per heavy atom. The van der Waals surface area contributed by atoms with Crippen molar-refractivity contribution in [2.75, 3.05) is 58.9 Å². The van der Waals surface area contributed by atoms with Crippen molar-refractivity contribution in [2.45, 2.75) is 64.7 Å². The van der Waals surface area contributed by atoms with E-state index in [0.717, 1.165) is 71.2 Å². The van der Waals surface area contributed by atoms with Crippen LogP contribution in [-0.4, -0.2) is 85.5 Å². The zero-order valence-corrected chi connectivity index (χ0v) is 18.5. The SMILES string of the molecule is CCNC(=NCCN1CCN(C(=O)C2CCC2)CC1)N1CCC2(CCCCC2)C1. The Morgan fingerprint density at radius 3 is 2.38 bits per heavy atom. The Hall–Kier alpha value is -1.30. The average Bonchev–Trinajstić information content (AvgIpc) is 3.10. The van der Waals surface area contributed by atoms with Crippen LogP contribution >= 0.6 is 0 Å². The molecule has 2 aliphatic carbocycles. The van der Waals surface area contributed by atoms with Gasteiger partial charge in [-0.2, -0.15) is 0 Å². The van der Waals surface area contributed by atoms with Gasteiger partial charge in [-0.15, -0.1) is 0 Å². The molecule has 6 heteroatoms. The van der Waals surface area contributed by atoms with E-state index in [9.17, 15) is 4.79 Å². The maximum atomic E-state index is 12.4. The van der Waals surface area contributed by atoms with E-state index in [4.69, 9.17) is 4.99 Å². The largest absolute Gasteiger partial charge is 0.357 e. The Labute approximate surface area is 177 Å². The number of carbonyl (C=O) groups excluding carboxylic acids is 1. The van der Waals surface area contributed by atoms with Crippen molar-refractivity contribution in [1.29, 1.82) is 0 Å². The second-order valence-electron chi connectivity index (χ2n) is 9.76. The Balaban J connectivity index is 1.22. The Kier molecular flexibility index (Phi) is 6.99. The lowest BCUT2D eigenvalue weighted by molar-refractivity contribution is -0.139. The normalized spacial score (nSPS) is 26.0. The molecule has 29 heavy (non-hydrogen) atoms. The monoisotopic (exact) mass is 403 g/mol. The first-order valence-electron chi connectivity index (χ1n) is 12.2. The second-order valence-corrected chi connectivity index (χ2v) is 9.76. The van der Waals surface area contributed by atoms with Gasteiger partial charge in [0.25, 0.3) is 0 Å². The predicted octanol–water partition coefficient (Wildman–Crippen LogP) is 2.55. The number of nitrogens with one attached hydrogen (secondary N) is 1. The lowest BCUT2D eigenvalue weighted by atomic mass is 9.73. The number of carbonyl (C=O) groups is 1. The number of hydrogen-bond donors (Lipinski definition) is 1. The van der Waals surface area contributed by atoms with Crippen molar-refractivity contribution in [1.82, 2.24) is 20.0 Å². The van der Waals surface area contributed by atoms with Gasteiger partial charge >= 0.3 is 0 Å². The maximum Gasteiger partial charge on any atom is 0.225 e. The van der Waals surface area contributed by atoms with E-state index >= 15 is 0 Å². The zero-order valence-electron chi connectivity index (χ0n) is 18.5. The summed E-state index contributed by atoms with van der Waals surface area (Å²) in [5.41, 5.74) is 0.567. The molecule has 2 saturated carbocycles. The van der Waals surface area contributed by atoms with E-state index in [1.165, 1.54) is 51.5 Å². The molecule has 0 aromatic rings. The predicted molar refractivity (Wildman–Crippen MR) is 118 cm³/mol. The number of guanidine groups is 1. The number of aliphatic imine (C=N–C) groups is 1. The summed E-state index contributed by atoms with van der Waals surface area (Å²) in [6, 6.07) is 0. The van der Waals surface area contributed by atoms with Crippen LogP contribution in [0.1, 0.15) is 64.7 Å². The molecule has 2 heterocycles. The van der Waals surface area contributed by atoms with E-state index in [0.29, 0.717) is 17.2 Å². The number of nitrogens with zero attached hydrogens (tertiary/aromatic N) is 4. The van der Waals surface area contributed by atoms with Crippen LogP contribution in [0.15, 0.2) is 4.99 Å². The highest BCUT2D eigenvalue weighted by atomic mass is 16.2. The summed E-state index contributed by atoms with van der Waals surface area (Å²) in [6.45, 7) is 11.1. The Morgan fingerprint density at radius 2 is 1.72 bits per heavy atom. The molecule has 0 unspecified atom stereocenters. The van der Waals surface area contributed by atoms with Crippen LogP contribution in [0, 0.1) is 11.3 Å². The van der Waals surface area contributed by atoms with Gasteiger partial charge in [0.1, 0.15) is 0 Å². The van der Waals surface area contributed by atoms with Crippen LogP contribution in [0.3, 0.4) is 0 Å². The number of hydrogen-bond acceptors (Lipinski definition) is 3. The molecule has 2 aliphatic heterocycles. The summed E-state index contributed by atoms with van der Waals surface area (Å²) in [7, 11) is 0. The van der Waals surface area contributed by atoms with Gasteiger partial charge in [0.05, 0.1) is 6.54 Å². The average molecular weight is 404 g/mol. The standard InChI is InChI=1S/C23H41N5O/c1-2-24-22(28-13-11-23(19-28)9-4-3-5-10-23)25-12-14-26-15-17-27(18-16-26)21(29)20-7-6-8-20/h20H,2-19H2,1H3,(H,24,25). The highest BCUT2D eigenvalue weighted by Gasteiger charge is 2.39. The van der Waals surface area contributed by atoms with Crippen LogP contribution in [0.25, 0.3) is 0 Å². The van der Waals surface area contributed by atoms with Crippen LogP contribution in [-0.2, 0) is 4.79 Å². The summed E-state index contributed by atoms with van der Waals surface area (Å²) in [5.74, 6) is 1.87. The minimum atomic E-state index is 0.335. The van der Waals surface area contributed by atoms with E-state index < -0.39 is 0 Å². The van der Waals surface area contributed by atoms with Gasteiger partial charge in [-0.3, -0.25) is 14.7 Å². The summed E-state index contributed by atoms with van der Waals surface area (Å²) in [4.78, 5) is 24.5. The van der Waals surface area contributed by atoms with Crippen molar-refractivity contribution in [3.63, 3.8) is 0 Å². The maximum absolute atomic E-state index is 12.4. The lowest BCUT2D eigenvalue weighted by Crippen LogP contribution is -2.51. The molecule has 0 atom stereocenters. The number of likely N-dealkylation sites (tertiary alicyclic amines) is 1. The molecule has 1 spiro atoms. The molecule has 1 amide bonds. The lowest BCUT2D eigenvalue weighted by Gasteiger charge is -2.38. The molecule has 164 valence electrons. The summed E-state index contributed by atoms with van der Waals surface area (Å²) in [5, 5.41) is 3.54. The third-order valence-electron chi connectivity index (χ3n) is 7.80. The molecule has 0 aromatic carbocycles. The van der Waals surface area contributed by atoms with Gasteiger partial charge in [0.2, 0.25) is 5.91 Å². The third-order valence-corrected chi connectivity index (χ3v) is 7.80. The van der Waals surface area contributed by atoms with Gasteiger partial charge < -0.3 is 15.1 Å². The van der Waals surface area contributed by atoms with Crippen molar-refractivity contribution >= 4 is 11.9 Å². The molecular formula is C23H41N5O. The van der Waals surface area contributed by atoms with Gasteiger partial charge in [-0.05, 0) is 44.4 Å². The van der Waals surface area contributed by atoms with Gasteiger partial charge in [0.15, 0.2) is 5.96 Å². The summed E-state index contributed by atoms with van der Waals surface area (Å²) in [6.07, 6.45) is 11.9. The fraction of sp³-hybridized carbons (Fsp3) is 0.913. The molecule has 4 rings (SSSR count). The van der Waals surface area contributed by atoms with Gasteiger partial charge in [-0.25, -0.2) is 0 Å². The van der Waals surface area contributed by atoms with Gasteiger partial charge in [-0.1, -0.05) is 25.7 Å². The van der Waals surface area contributed by atoms with Crippen molar-refractivity contribution in [3.05, 3.63) is 0 Å². The molecule has 1 N–H and O–H groups in total. The van der Waals surface area contributed by atoms with Crippen molar-refractivity contribution in [2.24, 2.45) is 16.3 Å². The third kappa shape index (κ3) is 5.07. The van der Waals surface area contributed by atoms with Crippen LogP contribution in [0.2, 0.25) is 0 Å². The van der Waals surface area contributed by atoms with Gasteiger partial charge in [0, 0.05) is 58.3 Å². The van der Waals surface area contributed by atoms with Crippen molar-refractivity contribution in [3.8, 4) is 0 Å². The molecular weight excluding hydrogens is 362 g/mol. The van der Waals surface area contributed by atoms with E-state index in [-0.39, 0.29) is 0 Å².